The van der Waals surface area contributed by atoms with Gasteiger partial charge < -0.3 is 14.8 Å². The molecule has 1 N–H and O–H groups in total. The van der Waals surface area contributed by atoms with Gasteiger partial charge in [0.25, 0.3) is 0 Å². The van der Waals surface area contributed by atoms with Crippen LogP contribution in [0.3, 0.4) is 0 Å². The van der Waals surface area contributed by atoms with Crippen LogP contribution >= 0.6 is 0 Å². The first-order valence-corrected chi connectivity index (χ1v) is 12.3. The van der Waals surface area contributed by atoms with Crippen LogP contribution in [0.5, 0.6) is 11.5 Å². The third-order valence-corrected chi connectivity index (χ3v) is 7.64. The second-order valence-corrected chi connectivity index (χ2v) is 10.1. The van der Waals surface area contributed by atoms with Crippen molar-refractivity contribution in [1.29, 1.82) is 0 Å². The van der Waals surface area contributed by atoms with Gasteiger partial charge in [-0.25, -0.2) is 0 Å². The summed E-state index contributed by atoms with van der Waals surface area (Å²) in [6.07, 6.45) is 4.96. The number of carbonyl (C=O) groups excluding carboxylic acids is 1. The molecule has 0 radical (unpaired) electrons. The van der Waals surface area contributed by atoms with Crippen molar-refractivity contribution in [1.82, 2.24) is 10.2 Å². The van der Waals surface area contributed by atoms with Gasteiger partial charge in [0.05, 0.1) is 13.2 Å². The van der Waals surface area contributed by atoms with Crippen LogP contribution in [0.15, 0.2) is 48.5 Å². The van der Waals surface area contributed by atoms with E-state index in [0.717, 1.165) is 44.0 Å². The number of likely N-dealkylation sites (tertiary alicyclic amines) is 1. The molecule has 2 aromatic rings. The maximum Gasteiger partial charge on any atom is 0.217 e. The highest BCUT2D eigenvalue weighted by molar-refractivity contribution is 5.73. The van der Waals surface area contributed by atoms with E-state index in [9.17, 15) is 4.79 Å². The lowest BCUT2D eigenvalue weighted by molar-refractivity contribution is -0.120. The van der Waals surface area contributed by atoms with Gasteiger partial charge in [0, 0.05) is 43.9 Å². The third kappa shape index (κ3) is 5.35. The van der Waals surface area contributed by atoms with Crippen molar-refractivity contribution < 1.29 is 14.3 Å². The fourth-order valence-electron chi connectivity index (χ4n) is 5.67. The lowest BCUT2D eigenvalue weighted by atomic mass is 9.71. The summed E-state index contributed by atoms with van der Waals surface area (Å²) >= 11 is 0. The zero-order chi connectivity index (χ0) is 23.4. The highest BCUT2D eigenvalue weighted by atomic mass is 16.5. The Morgan fingerprint density at radius 2 is 1.88 bits per heavy atom. The lowest BCUT2D eigenvalue weighted by Gasteiger charge is -2.37. The number of benzene rings is 2. The van der Waals surface area contributed by atoms with Crippen molar-refractivity contribution in [2.75, 3.05) is 20.2 Å². The molecular formula is C28H38N2O3. The first-order valence-electron chi connectivity index (χ1n) is 12.3. The van der Waals surface area contributed by atoms with Crippen molar-refractivity contribution in [3.8, 4) is 11.5 Å². The smallest absolute Gasteiger partial charge is 0.217 e. The van der Waals surface area contributed by atoms with Crippen molar-refractivity contribution >= 4 is 5.91 Å². The molecular weight excluding hydrogens is 412 g/mol. The maximum atomic E-state index is 11.9. The SMILES string of the molecule is COc1ccc(C2CN(Cc3ccccc3)CC2(C)C(C)NC(C)=O)cc1OC1CCCC1. The van der Waals surface area contributed by atoms with Crippen LogP contribution in [0, 0.1) is 5.41 Å². The topological polar surface area (TPSA) is 50.8 Å². The van der Waals surface area contributed by atoms with Crippen molar-refractivity contribution in [3.63, 3.8) is 0 Å². The molecule has 0 bridgehead atoms. The Morgan fingerprint density at radius 3 is 2.55 bits per heavy atom. The summed E-state index contributed by atoms with van der Waals surface area (Å²) in [5.41, 5.74) is 2.45. The number of rotatable bonds is 8. The van der Waals surface area contributed by atoms with Crippen LogP contribution in [-0.4, -0.2) is 43.2 Å². The van der Waals surface area contributed by atoms with Crippen LogP contribution < -0.4 is 14.8 Å². The van der Waals surface area contributed by atoms with E-state index in [1.807, 2.05) is 6.07 Å². The van der Waals surface area contributed by atoms with Gasteiger partial charge in [0.2, 0.25) is 5.91 Å². The predicted octanol–water partition coefficient (Wildman–Crippen LogP) is 5.15. The number of nitrogens with zero attached hydrogens (tertiary/aromatic N) is 1. The summed E-state index contributed by atoms with van der Waals surface area (Å²) in [5, 5.41) is 3.18. The van der Waals surface area contributed by atoms with E-state index < -0.39 is 0 Å². The molecule has 5 heteroatoms. The first-order chi connectivity index (χ1) is 15.9. The van der Waals surface area contributed by atoms with E-state index in [-0.39, 0.29) is 29.4 Å². The number of nitrogens with one attached hydrogen (secondary N) is 1. The fourth-order valence-corrected chi connectivity index (χ4v) is 5.67. The minimum absolute atomic E-state index is 0.0176. The molecule has 2 fully saturated rings. The largest absolute Gasteiger partial charge is 0.493 e. The Morgan fingerprint density at radius 1 is 1.15 bits per heavy atom. The monoisotopic (exact) mass is 450 g/mol. The van der Waals surface area contributed by atoms with Gasteiger partial charge in [-0.1, -0.05) is 43.3 Å². The molecule has 1 saturated heterocycles. The zero-order valence-electron chi connectivity index (χ0n) is 20.5. The molecule has 1 heterocycles. The van der Waals surface area contributed by atoms with E-state index >= 15 is 0 Å². The standard InChI is InChI=1S/C28H38N2O3/c1-20(29-21(2)31)28(3)19-30(17-22-10-6-5-7-11-22)18-25(28)23-14-15-26(32-4)27(16-23)33-24-12-8-9-13-24/h5-7,10-11,14-16,20,24-25H,8-9,12-13,17-19H2,1-4H3,(H,29,31). The van der Waals surface area contributed by atoms with Crippen LogP contribution in [0.4, 0.5) is 0 Å². The van der Waals surface area contributed by atoms with Crippen molar-refractivity contribution in [2.24, 2.45) is 5.41 Å². The molecule has 1 aliphatic carbocycles. The summed E-state index contributed by atoms with van der Waals surface area (Å²) in [4.78, 5) is 14.5. The number of carbonyl (C=O) groups is 1. The summed E-state index contributed by atoms with van der Waals surface area (Å²) in [6.45, 7) is 8.81. The fraction of sp³-hybridized carbons (Fsp3) is 0.536. The Bertz CT molecular complexity index is 941. The van der Waals surface area contributed by atoms with Gasteiger partial charge in [0.1, 0.15) is 0 Å². The van der Waals surface area contributed by atoms with Crippen LogP contribution in [-0.2, 0) is 11.3 Å². The maximum absolute atomic E-state index is 11.9. The number of methoxy groups -OCH3 is 1. The summed E-state index contributed by atoms with van der Waals surface area (Å²) in [6, 6.07) is 17.1. The summed E-state index contributed by atoms with van der Waals surface area (Å²) < 4.78 is 12.0. The second-order valence-electron chi connectivity index (χ2n) is 10.1. The zero-order valence-corrected chi connectivity index (χ0v) is 20.5. The van der Waals surface area contributed by atoms with Gasteiger partial charge in [0.15, 0.2) is 11.5 Å². The highest BCUT2D eigenvalue weighted by Crippen LogP contribution is 2.47. The average molecular weight is 451 g/mol. The molecule has 33 heavy (non-hydrogen) atoms. The Labute approximate surface area is 198 Å². The molecule has 178 valence electrons. The van der Waals surface area contributed by atoms with Crippen molar-refractivity contribution in [3.05, 3.63) is 59.7 Å². The molecule has 5 nitrogen and oxygen atoms in total. The van der Waals surface area contributed by atoms with Crippen LogP contribution in [0.1, 0.15) is 63.5 Å². The Kier molecular flexibility index (Phi) is 7.28. The lowest BCUT2D eigenvalue weighted by Crippen LogP contribution is -2.47. The van der Waals surface area contributed by atoms with Gasteiger partial charge in [-0.05, 0) is 55.9 Å². The van der Waals surface area contributed by atoms with E-state index in [1.165, 1.54) is 24.0 Å². The van der Waals surface area contributed by atoms with Crippen LogP contribution in [0.25, 0.3) is 0 Å². The van der Waals surface area contributed by atoms with Gasteiger partial charge in [-0.2, -0.15) is 0 Å². The molecule has 0 spiro atoms. The number of hydrogen-bond donors (Lipinski definition) is 1. The Hall–Kier alpha value is -2.53. The molecule has 2 aromatic carbocycles. The quantitative estimate of drug-likeness (QED) is 0.605. The predicted molar refractivity (Wildman–Crippen MR) is 132 cm³/mol. The normalized spacial score (nSPS) is 24.5. The van der Waals surface area contributed by atoms with Gasteiger partial charge in [-0.3, -0.25) is 9.69 Å². The van der Waals surface area contributed by atoms with E-state index in [0.29, 0.717) is 0 Å². The average Bonchev–Trinajstić information content (AvgIpc) is 3.42. The van der Waals surface area contributed by atoms with Gasteiger partial charge in [-0.15, -0.1) is 0 Å². The number of hydrogen-bond acceptors (Lipinski definition) is 4. The van der Waals surface area contributed by atoms with Gasteiger partial charge >= 0.3 is 0 Å². The molecule has 1 saturated carbocycles. The molecule has 3 unspecified atom stereocenters. The molecule has 3 atom stereocenters. The minimum Gasteiger partial charge on any atom is -0.493 e. The molecule has 0 aromatic heterocycles. The van der Waals surface area contributed by atoms with Crippen molar-refractivity contribution in [2.45, 2.75) is 71.1 Å². The third-order valence-electron chi connectivity index (χ3n) is 7.64. The van der Waals surface area contributed by atoms with E-state index in [2.05, 4.69) is 66.5 Å². The first kappa shape index (κ1) is 23.6. The summed E-state index contributed by atoms with van der Waals surface area (Å²) in [5.74, 6) is 1.92. The Balaban J connectivity index is 1.63. The number of ether oxygens (including phenoxy) is 2. The highest BCUT2D eigenvalue weighted by Gasteiger charge is 2.47. The molecule has 4 rings (SSSR count). The molecule has 1 amide bonds. The molecule has 2 aliphatic rings. The van der Waals surface area contributed by atoms with E-state index in [1.54, 1.807) is 14.0 Å². The number of amides is 1. The second kappa shape index (κ2) is 10.2. The molecule has 1 aliphatic heterocycles. The minimum atomic E-state index is -0.111. The van der Waals surface area contributed by atoms with E-state index in [4.69, 9.17) is 9.47 Å². The summed E-state index contributed by atoms with van der Waals surface area (Å²) in [7, 11) is 1.71. The van der Waals surface area contributed by atoms with Crippen LogP contribution in [0.2, 0.25) is 0 Å².